The standard InChI is InChI=1S/C4H9O.Al.Li.H/c1-2-3-4-5;;;/h2-4H2,1H3;;;/q-1;2*+1;-1. The van der Waals surface area contributed by atoms with Crippen molar-refractivity contribution in [1.29, 1.82) is 0 Å². The SMILES string of the molecule is CCCC[O][Al].[H-].[Li+]. The average molecular weight is 108 g/mol. The summed E-state index contributed by atoms with van der Waals surface area (Å²) < 4.78 is 4.70. The van der Waals surface area contributed by atoms with E-state index >= 15 is 0 Å². The van der Waals surface area contributed by atoms with Gasteiger partial charge in [0, 0.05) is 6.61 Å². The number of unbranched alkanes of at least 4 members (excludes halogenated alkanes) is 1. The molecule has 0 spiro atoms. The number of hydrogen-bond acceptors (Lipinski definition) is 1. The molecule has 3 heteroatoms. The predicted molar refractivity (Wildman–Crippen MR) is 27.7 cm³/mol. The Bertz CT molecular complexity index is 28.0. The van der Waals surface area contributed by atoms with Crippen LogP contribution in [0.4, 0.5) is 0 Å². The van der Waals surface area contributed by atoms with E-state index in [0.29, 0.717) is 0 Å². The van der Waals surface area contributed by atoms with Crippen molar-refractivity contribution in [3.8, 4) is 0 Å². The Morgan fingerprint density at radius 3 is 2.43 bits per heavy atom. The van der Waals surface area contributed by atoms with Gasteiger partial charge in [-0.2, -0.15) is 0 Å². The Balaban J connectivity index is -0.000000125. The largest absolute Gasteiger partial charge is 1.00 e. The van der Waals surface area contributed by atoms with Crippen LogP contribution in [0.2, 0.25) is 0 Å². The summed E-state index contributed by atoms with van der Waals surface area (Å²) in [6, 6.07) is 0. The first-order chi connectivity index (χ1) is 2.91. The molecule has 0 atom stereocenters. The third-order valence-corrected chi connectivity index (χ3v) is 0.851. The van der Waals surface area contributed by atoms with E-state index in [2.05, 4.69) is 23.5 Å². The van der Waals surface area contributed by atoms with Gasteiger partial charge in [-0.15, -0.1) is 0 Å². The summed E-state index contributed by atoms with van der Waals surface area (Å²) in [6.07, 6.45) is 2.39. The molecule has 2 radical (unpaired) electrons. The molecule has 0 aliphatic rings. The van der Waals surface area contributed by atoms with E-state index in [9.17, 15) is 0 Å². The Labute approximate surface area is 67.2 Å². The summed E-state index contributed by atoms with van der Waals surface area (Å²) in [5.41, 5.74) is 0. The van der Waals surface area contributed by atoms with E-state index < -0.39 is 0 Å². The van der Waals surface area contributed by atoms with Crippen LogP contribution in [-0.2, 0) is 3.79 Å². The van der Waals surface area contributed by atoms with Gasteiger partial charge in [-0.25, -0.2) is 0 Å². The van der Waals surface area contributed by atoms with Crippen LogP contribution >= 0.6 is 0 Å². The Hall–Kier alpha value is 1.09. The molecule has 36 valence electrons. The maximum atomic E-state index is 4.70. The molecule has 0 saturated heterocycles. The second-order valence-corrected chi connectivity index (χ2v) is 1.56. The zero-order chi connectivity index (χ0) is 4.83. The topological polar surface area (TPSA) is 9.23 Å². The van der Waals surface area contributed by atoms with Crippen LogP contribution in [-0.4, -0.2) is 23.2 Å². The Morgan fingerprint density at radius 2 is 2.29 bits per heavy atom. The third-order valence-electron chi connectivity index (χ3n) is 0.616. The Morgan fingerprint density at radius 1 is 1.71 bits per heavy atom. The molecule has 0 saturated carbocycles. The van der Waals surface area contributed by atoms with Crippen molar-refractivity contribution in [3.63, 3.8) is 0 Å². The number of rotatable bonds is 3. The fourth-order valence-corrected chi connectivity index (χ4v) is 0.394. The van der Waals surface area contributed by atoms with Crippen molar-refractivity contribution in [3.05, 3.63) is 0 Å². The molecule has 0 amide bonds. The summed E-state index contributed by atoms with van der Waals surface area (Å²) in [7, 11) is 0. The van der Waals surface area contributed by atoms with Gasteiger partial charge in [-0.1, -0.05) is 13.3 Å². The molecule has 0 aromatic heterocycles. The average Bonchev–Trinajstić information content (AvgIpc) is 1.61. The molecule has 0 aromatic carbocycles. The minimum atomic E-state index is 0. The van der Waals surface area contributed by atoms with Gasteiger partial charge in [0.15, 0.2) is 0 Å². The molecule has 0 rings (SSSR count). The summed E-state index contributed by atoms with van der Waals surface area (Å²) in [5.74, 6) is 0. The van der Waals surface area contributed by atoms with Crippen LogP contribution in [0.15, 0.2) is 0 Å². The van der Waals surface area contributed by atoms with Crippen LogP contribution < -0.4 is 18.9 Å². The summed E-state index contributed by atoms with van der Waals surface area (Å²) in [5, 5.41) is 0. The van der Waals surface area contributed by atoms with Crippen LogP contribution in [0.1, 0.15) is 21.2 Å². The predicted octanol–water partition coefficient (Wildman–Crippen LogP) is -2.00. The monoisotopic (exact) mass is 108 g/mol. The minimum absolute atomic E-state index is 0. The molecule has 0 heterocycles. The van der Waals surface area contributed by atoms with Crippen molar-refractivity contribution in [2.75, 3.05) is 6.61 Å². The third kappa shape index (κ3) is 11.0. The molecule has 0 bridgehead atoms. The van der Waals surface area contributed by atoms with Crippen molar-refractivity contribution in [1.82, 2.24) is 0 Å². The molecular formula is C4H10AlLiO. The van der Waals surface area contributed by atoms with E-state index in [-0.39, 0.29) is 20.3 Å². The van der Waals surface area contributed by atoms with Crippen molar-refractivity contribution >= 4 is 16.6 Å². The van der Waals surface area contributed by atoms with E-state index in [1.165, 1.54) is 12.8 Å². The van der Waals surface area contributed by atoms with Crippen molar-refractivity contribution < 1.29 is 24.1 Å². The van der Waals surface area contributed by atoms with Gasteiger partial charge in [-0.3, -0.25) is 0 Å². The molecule has 0 unspecified atom stereocenters. The molecular weight excluding hydrogens is 98.0 g/mol. The minimum Gasteiger partial charge on any atom is -1.00 e. The maximum Gasteiger partial charge on any atom is 1.00 e. The number of hydrogen-bond donors (Lipinski definition) is 0. The van der Waals surface area contributed by atoms with Crippen molar-refractivity contribution in [2.24, 2.45) is 0 Å². The summed E-state index contributed by atoms with van der Waals surface area (Å²) >= 11 is 2.23. The van der Waals surface area contributed by atoms with Crippen LogP contribution in [0.25, 0.3) is 0 Å². The zero-order valence-electron chi connectivity index (χ0n) is 6.11. The fourth-order valence-electron chi connectivity index (χ4n) is 0.228. The summed E-state index contributed by atoms with van der Waals surface area (Å²) in [4.78, 5) is 0. The normalized spacial score (nSPS) is 7.57. The molecule has 0 N–H and O–H groups in total. The van der Waals surface area contributed by atoms with Crippen LogP contribution in [0.5, 0.6) is 0 Å². The molecule has 0 aliphatic heterocycles. The van der Waals surface area contributed by atoms with Crippen molar-refractivity contribution in [2.45, 2.75) is 19.8 Å². The van der Waals surface area contributed by atoms with Crippen LogP contribution in [0.3, 0.4) is 0 Å². The van der Waals surface area contributed by atoms with Gasteiger partial charge >= 0.3 is 35.5 Å². The van der Waals surface area contributed by atoms with Gasteiger partial charge < -0.3 is 5.22 Å². The zero-order valence-corrected chi connectivity index (χ0v) is 6.26. The van der Waals surface area contributed by atoms with E-state index in [1.807, 2.05) is 0 Å². The second-order valence-electron chi connectivity index (χ2n) is 1.22. The van der Waals surface area contributed by atoms with Gasteiger partial charge in [-0.05, 0) is 6.42 Å². The van der Waals surface area contributed by atoms with E-state index in [4.69, 9.17) is 3.79 Å². The van der Waals surface area contributed by atoms with E-state index in [0.717, 1.165) is 6.61 Å². The van der Waals surface area contributed by atoms with Gasteiger partial charge in [0.2, 0.25) is 0 Å². The van der Waals surface area contributed by atoms with Gasteiger partial charge in [0.25, 0.3) is 0 Å². The first-order valence-electron chi connectivity index (χ1n) is 2.23. The second kappa shape index (κ2) is 10.1. The van der Waals surface area contributed by atoms with Gasteiger partial charge in [0.05, 0.1) is 0 Å². The molecule has 1 nitrogen and oxygen atoms in total. The first kappa shape index (κ1) is 11.0. The first-order valence-corrected chi connectivity index (χ1v) is 2.70. The summed E-state index contributed by atoms with van der Waals surface area (Å²) in [6.45, 7) is 3.02. The fraction of sp³-hybridized carbons (Fsp3) is 1.00. The molecule has 0 aliphatic carbocycles. The molecule has 7 heavy (non-hydrogen) atoms. The smallest absolute Gasteiger partial charge is 1.00 e. The van der Waals surface area contributed by atoms with E-state index in [1.54, 1.807) is 0 Å². The quantitative estimate of drug-likeness (QED) is 0.300. The molecule has 0 fully saturated rings. The maximum absolute atomic E-state index is 4.70. The van der Waals surface area contributed by atoms with Crippen LogP contribution in [0, 0.1) is 0 Å². The molecule has 0 aromatic rings. The Kier molecular flexibility index (Phi) is 15.9. The van der Waals surface area contributed by atoms with Gasteiger partial charge in [0.1, 0.15) is 0 Å².